The third-order valence-electron chi connectivity index (χ3n) is 3.36. The van der Waals surface area contributed by atoms with Gasteiger partial charge in [-0.3, -0.25) is 0 Å². The van der Waals surface area contributed by atoms with E-state index in [0.29, 0.717) is 5.52 Å². The molecule has 0 radical (unpaired) electrons. The van der Waals surface area contributed by atoms with E-state index in [2.05, 4.69) is 4.98 Å². The highest BCUT2D eigenvalue weighted by Crippen LogP contribution is 2.28. The quantitative estimate of drug-likeness (QED) is 0.879. The number of aromatic nitrogens is 2. The van der Waals surface area contributed by atoms with Crippen LogP contribution < -0.4 is 0 Å². The van der Waals surface area contributed by atoms with E-state index in [0.717, 1.165) is 31.9 Å². The summed E-state index contributed by atoms with van der Waals surface area (Å²) in [6, 6.07) is 5.51. The smallest absolute Gasteiger partial charge is 0.356 e. The van der Waals surface area contributed by atoms with Crippen LogP contribution in [0.2, 0.25) is 0 Å². The molecule has 1 aliphatic heterocycles. The second-order valence-electron chi connectivity index (χ2n) is 4.47. The number of hydrogen-bond acceptors (Lipinski definition) is 3. The van der Waals surface area contributed by atoms with Crippen molar-refractivity contribution in [3.05, 3.63) is 35.9 Å². The lowest BCUT2D eigenvalue weighted by atomic mass is 10.00. The molecule has 18 heavy (non-hydrogen) atoms. The maximum absolute atomic E-state index is 11.2. The van der Waals surface area contributed by atoms with Crippen LogP contribution in [0.15, 0.2) is 24.4 Å². The molecule has 0 aromatic carbocycles. The van der Waals surface area contributed by atoms with E-state index in [1.165, 1.54) is 0 Å². The first-order valence-electron chi connectivity index (χ1n) is 6.05. The molecule has 3 heterocycles. The fourth-order valence-electron chi connectivity index (χ4n) is 2.46. The van der Waals surface area contributed by atoms with Gasteiger partial charge in [-0.05, 0) is 25.0 Å². The molecule has 2 aromatic heterocycles. The first-order valence-corrected chi connectivity index (χ1v) is 6.05. The Hall–Kier alpha value is -1.88. The van der Waals surface area contributed by atoms with Crippen LogP contribution in [0, 0.1) is 0 Å². The topological polar surface area (TPSA) is 63.8 Å². The van der Waals surface area contributed by atoms with E-state index in [1.54, 1.807) is 6.07 Å². The lowest BCUT2D eigenvalue weighted by Crippen LogP contribution is -2.16. The summed E-state index contributed by atoms with van der Waals surface area (Å²) in [5.41, 5.74) is 0.795. The molecule has 3 rings (SSSR count). The maximum Gasteiger partial charge on any atom is 0.356 e. The number of hydrogen-bond donors (Lipinski definition) is 1. The molecule has 5 nitrogen and oxygen atoms in total. The molecule has 0 amide bonds. The molecule has 5 heteroatoms. The number of nitrogens with zero attached hydrogens (tertiary/aromatic N) is 2. The average Bonchev–Trinajstić information content (AvgIpc) is 2.79. The number of carbonyl (C=O) groups is 1. The molecule has 94 valence electrons. The van der Waals surface area contributed by atoms with Crippen LogP contribution in [0.5, 0.6) is 0 Å². The van der Waals surface area contributed by atoms with Gasteiger partial charge in [-0.15, -0.1) is 0 Å². The van der Waals surface area contributed by atoms with Crippen LogP contribution in [0.3, 0.4) is 0 Å². The van der Waals surface area contributed by atoms with Crippen molar-refractivity contribution in [2.24, 2.45) is 0 Å². The van der Waals surface area contributed by atoms with Gasteiger partial charge in [-0.25, -0.2) is 9.78 Å². The van der Waals surface area contributed by atoms with Gasteiger partial charge < -0.3 is 14.2 Å². The van der Waals surface area contributed by atoms with Crippen LogP contribution in [-0.4, -0.2) is 33.7 Å². The van der Waals surface area contributed by atoms with Gasteiger partial charge in [0, 0.05) is 25.3 Å². The number of ether oxygens (including phenoxy) is 1. The Morgan fingerprint density at radius 3 is 2.89 bits per heavy atom. The Morgan fingerprint density at radius 1 is 1.39 bits per heavy atom. The molecule has 0 aliphatic carbocycles. The fourth-order valence-corrected chi connectivity index (χ4v) is 2.46. The van der Waals surface area contributed by atoms with Crippen molar-refractivity contribution >= 4 is 11.5 Å². The molecule has 0 unspecified atom stereocenters. The summed E-state index contributed by atoms with van der Waals surface area (Å²) in [6.45, 7) is 1.43. The standard InChI is InChI=1S/C13H14N2O3/c16-13(17)11-10-3-1-2-6-15(10)12(14-11)9-4-7-18-8-5-9/h1-3,6,9H,4-5,7-8H2,(H,16,17). The van der Waals surface area contributed by atoms with Gasteiger partial charge in [-0.2, -0.15) is 0 Å². The van der Waals surface area contributed by atoms with Crippen molar-refractivity contribution in [2.45, 2.75) is 18.8 Å². The predicted molar refractivity (Wildman–Crippen MR) is 64.9 cm³/mol. The molecular weight excluding hydrogens is 232 g/mol. The SMILES string of the molecule is O=C(O)c1nc(C2CCOCC2)n2ccccc12. The molecule has 1 saturated heterocycles. The summed E-state index contributed by atoms with van der Waals surface area (Å²) in [5.74, 6) is 0.144. The van der Waals surface area contributed by atoms with E-state index in [9.17, 15) is 9.90 Å². The molecule has 2 aromatic rings. The zero-order valence-corrected chi connectivity index (χ0v) is 9.87. The number of fused-ring (bicyclic) bond motifs is 1. The molecule has 0 atom stereocenters. The normalized spacial score (nSPS) is 17.1. The van der Waals surface area contributed by atoms with Crippen molar-refractivity contribution in [2.75, 3.05) is 13.2 Å². The summed E-state index contributed by atoms with van der Waals surface area (Å²) in [5, 5.41) is 9.19. The number of carboxylic acid groups (broad SMARTS) is 1. The second kappa shape index (κ2) is 4.42. The number of pyridine rings is 1. The van der Waals surface area contributed by atoms with Gasteiger partial charge in [0.2, 0.25) is 0 Å². The van der Waals surface area contributed by atoms with E-state index in [4.69, 9.17) is 4.74 Å². The third-order valence-corrected chi connectivity index (χ3v) is 3.36. The van der Waals surface area contributed by atoms with Gasteiger partial charge in [0.05, 0.1) is 5.52 Å². The zero-order valence-electron chi connectivity index (χ0n) is 9.87. The number of carboxylic acids is 1. The molecule has 0 bridgehead atoms. The molecule has 0 spiro atoms. The van der Waals surface area contributed by atoms with E-state index < -0.39 is 5.97 Å². The molecular formula is C13H14N2O3. The second-order valence-corrected chi connectivity index (χ2v) is 4.47. The minimum atomic E-state index is -0.975. The number of imidazole rings is 1. The summed E-state index contributed by atoms with van der Waals surface area (Å²) in [7, 11) is 0. The van der Waals surface area contributed by atoms with Crippen molar-refractivity contribution in [1.29, 1.82) is 0 Å². The van der Waals surface area contributed by atoms with Gasteiger partial charge in [-0.1, -0.05) is 6.07 Å². The van der Waals surface area contributed by atoms with Crippen LogP contribution in [0.25, 0.3) is 5.52 Å². The Morgan fingerprint density at radius 2 is 2.17 bits per heavy atom. The van der Waals surface area contributed by atoms with Crippen LogP contribution in [0.4, 0.5) is 0 Å². The van der Waals surface area contributed by atoms with Gasteiger partial charge >= 0.3 is 5.97 Å². The summed E-state index contributed by atoms with van der Waals surface area (Å²) >= 11 is 0. The van der Waals surface area contributed by atoms with E-state index in [1.807, 2.05) is 22.7 Å². The minimum Gasteiger partial charge on any atom is -0.476 e. The lowest BCUT2D eigenvalue weighted by molar-refractivity contribution is 0.0692. The van der Waals surface area contributed by atoms with Gasteiger partial charge in [0.15, 0.2) is 5.69 Å². The zero-order chi connectivity index (χ0) is 12.5. The highest BCUT2D eigenvalue weighted by molar-refractivity contribution is 5.93. The first kappa shape index (κ1) is 11.2. The van der Waals surface area contributed by atoms with Crippen molar-refractivity contribution in [3.8, 4) is 0 Å². The van der Waals surface area contributed by atoms with Crippen LogP contribution in [-0.2, 0) is 4.74 Å². The number of rotatable bonds is 2. The van der Waals surface area contributed by atoms with Crippen molar-refractivity contribution in [1.82, 2.24) is 9.38 Å². The molecule has 1 N–H and O–H groups in total. The van der Waals surface area contributed by atoms with Gasteiger partial charge in [0.1, 0.15) is 5.82 Å². The lowest BCUT2D eigenvalue weighted by Gasteiger charge is -2.20. The Kier molecular flexibility index (Phi) is 2.76. The summed E-state index contributed by atoms with van der Waals surface area (Å²) in [6.07, 6.45) is 3.67. The highest BCUT2D eigenvalue weighted by Gasteiger charge is 2.24. The first-order chi connectivity index (χ1) is 8.77. The Labute approximate surface area is 104 Å². The van der Waals surface area contributed by atoms with Crippen molar-refractivity contribution in [3.63, 3.8) is 0 Å². The van der Waals surface area contributed by atoms with Crippen LogP contribution in [0.1, 0.15) is 35.1 Å². The van der Waals surface area contributed by atoms with Gasteiger partial charge in [0.25, 0.3) is 0 Å². The summed E-state index contributed by atoms with van der Waals surface area (Å²) in [4.78, 5) is 15.5. The maximum atomic E-state index is 11.2. The fraction of sp³-hybridized carbons (Fsp3) is 0.385. The average molecular weight is 246 g/mol. The molecule has 1 aliphatic rings. The predicted octanol–water partition coefficient (Wildman–Crippen LogP) is 1.93. The van der Waals surface area contributed by atoms with Crippen molar-refractivity contribution < 1.29 is 14.6 Å². The van der Waals surface area contributed by atoms with E-state index >= 15 is 0 Å². The highest BCUT2D eigenvalue weighted by atomic mass is 16.5. The molecule has 1 fully saturated rings. The largest absolute Gasteiger partial charge is 0.476 e. The summed E-state index contributed by atoms with van der Waals surface area (Å²) < 4.78 is 7.22. The van der Waals surface area contributed by atoms with E-state index in [-0.39, 0.29) is 11.6 Å². The monoisotopic (exact) mass is 246 g/mol. The van der Waals surface area contributed by atoms with Crippen LogP contribution >= 0.6 is 0 Å². The Balaban J connectivity index is 2.13. The third kappa shape index (κ3) is 1.76. The molecule has 0 saturated carbocycles. The number of aromatic carboxylic acids is 1. The minimum absolute atomic E-state index is 0.136. The Bertz CT molecular complexity index is 585.